The van der Waals surface area contributed by atoms with Crippen molar-refractivity contribution in [2.75, 3.05) is 41.2 Å². The van der Waals surface area contributed by atoms with Crippen molar-refractivity contribution in [3.63, 3.8) is 0 Å². The number of nitrogens with one attached hydrogen (secondary N) is 1. The van der Waals surface area contributed by atoms with Crippen LogP contribution < -0.4 is 24.3 Å². The second-order valence-electron chi connectivity index (χ2n) is 10.7. The summed E-state index contributed by atoms with van der Waals surface area (Å²) in [5.74, 6) is 0.962. The van der Waals surface area contributed by atoms with Gasteiger partial charge in [0.25, 0.3) is 0 Å². The lowest BCUT2D eigenvalue weighted by molar-refractivity contribution is -0.141. The number of halogens is 1. The molecule has 0 radical (unpaired) electrons. The summed E-state index contributed by atoms with van der Waals surface area (Å²) in [6.45, 7) is 8.35. The van der Waals surface area contributed by atoms with Crippen LogP contribution >= 0.6 is 15.9 Å². The summed E-state index contributed by atoms with van der Waals surface area (Å²) >= 11 is 3.61. The van der Waals surface area contributed by atoms with Gasteiger partial charge in [0.15, 0.2) is 28.8 Å². The third kappa shape index (κ3) is 7.02. The van der Waals surface area contributed by atoms with Crippen molar-refractivity contribution >= 4 is 27.7 Å². The van der Waals surface area contributed by atoms with Gasteiger partial charge >= 0.3 is 5.97 Å². The number of methoxy groups -OCH3 is 3. The molecular formula is C33H40BrNO8. The smallest absolute Gasteiger partial charge is 0.336 e. The van der Waals surface area contributed by atoms with Crippen molar-refractivity contribution in [2.45, 2.75) is 58.5 Å². The third-order valence-corrected chi connectivity index (χ3v) is 8.15. The lowest BCUT2D eigenvalue weighted by Gasteiger charge is -2.37. The van der Waals surface area contributed by atoms with Gasteiger partial charge < -0.3 is 33.7 Å². The monoisotopic (exact) mass is 657 g/mol. The van der Waals surface area contributed by atoms with Gasteiger partial charge in [0.2, 0.25) is 0 Å². The van der Waals surface area contributed by atoms with Gasteiger partial charge in [-0.1, -0.05) is 6.07 Å². The fourth-order valence-corrected chi connectivity index (χ4v) is 6.32. The van der Waals surface area contributed by atoms with Crippen molar-refractivity contribution in [3.05, 3.63) is 68.5 Å². The van der Waals surface area contributed by atoms with Crippen LogP contribution in [0.3, 0.4) is 0 Å². The molecule has 0 bridgehead atoms. The second kappa shape index (κ2) is 14.3. The van der Waals surface area contributed by atoms with Crippen LogP contribution in [0.2, 0.25) is 0 Å². The minimum atomic E-state index is -0.671. The van der Waals surface area contributed by atoms with Crippen LogP contribution in [0.15, 0.2) is 57.3 Å². The van der Waals surface area contributed by atoms with Gasteiger partial charge in [-0.2, -0.15) is 0 Å². The zero-order valence-corrected chi connectivity index (χ0v) is 27.4. The number of allylic oxidation sites excluding steroid dienone is 3. The Morgan fingerprint density at radius 2 is 1.70 bits per heavy atom. The van der Waals surface area contributed by atoms with Crippen LogP contribution in [-0.2, 0) is 19.1 Å². The first kappa shape index (κ1) is 32.4. The maximum Gasteiger partial charge on any atom is 0.336 e. The molecule has 1 N–H and O–H groups in total. The molecule has 0 saturated carbocycles. The summed E-state index contributed by atoms with van der Waals surface area (Å²) < 4.78 is 34.3. The van der Waals surface area contributed by atoms with E-state index >= 15 is 0 Å². The van der Waals surface area contributed by atoms with Crippen LogP contribution in [0.25, 0.3) is 0 Å². The molecule has 2 aromatic carbocycles. The average Bonchev–Trinajstić information content (AvgIpc) is 2.97. The minimum Gasteiger partial charge on any atom is -0.493 e. The fraction of sp³-hybridized carbons (Fsp3) is 0.455. The SMILES string of the molecule is CCOc1cc(C2C(C(=O)OCCOC(C)C)=C(C)NC3=C2C(=O)CC(c2ccc(OC)c(OC)c2)C3)cc(Br)c1OC. The largest absolute Gasteiger partial charge is 0.493 e. The first-order chi connectivity index (χ1) is 20.6. The highest BCUT2D eigenvalue weighted by Gasteiger charge is 2.42. The molecular weight excluding hydrogens is 618 g/mol. The first-order valence-corrected chi connectivity index (χ1v) is 15.2. The number of hydrogen-bond donors (Lipinski definition) is 1. The Bertz CT molecular complexity index is 1430. The van der Waals surface area contributed by atoms with Crippen LogP contribution in [0, 0.1) is 0 Å². The molecule has 232 valence electrons. The number of carbonyl (C=O) groups is 2. The molecule has 2 aromatic rings. The lowest BCUT2D eigenvalue weighted by Crippen LogP contribution is -2.36. The van der Waals surface area contributed by atoms with Gasteiger partial charge in [0.1, 0.15) is 6.61 Å². The van der Waals surface area contributed by atoms with E-state index in [-0.39, 0.29) is 37.4 Å². The van der Waals surface area contributed by atoms with Crippen molar-refractivity contribution in [2.24, 2.45) is 0 Å². The summed E-state index contributed by atoms with van der Waals surface area (Å²) in [6.07, 6.45) is 0.861. The molecule has 1 aliphatic carbocycles. The number of benzene rings is 2. The molecule has 0 spiro atoms. The Balaban J connectivity index is 1.78. The minimum absolute atomic E-state index is 0.0172. The van der Waals surface area contributed by atoms with E-state index in [1.165, 1.54) is 0 Å². The molecule has 10 heteroatoms. The number of carbonyl (C=O) groups excluding carboxylic acids is 2. The normalized spacial score (nSPS) is 18.3. The van der Waals surface area contributed by atoms with Crippen molar-refractivity contribution in [1.29, 1.82) is 0 Å². The van der Waals surface area contributed by atoms with E-state index in [4.69, 9.17) is 28.4 Å². The number of esters is 1. The summed E-state index contributed by atoms with van der Waals surface area (Å²) in [5, 5.41) is 3.40. The molecule has 0 amide bonds. The Morgan fingerprint density at radius 3 is 2.35 bits per heavy atom. The predicted molar refractivity (Wildman–Crippen MR) is 166 cm³/mol. The summed E-state index contributed by atoms with van der Waals surface area (Å²) in [4.78, 5) is 27.7. The van der Waals surface area contributed by atoms with Crippen LogP contribution in [-0.4, -0.2) is 59.0 Å². The van der Waals surface area contributed by atoms with Crippen LogP contribution in [0.1, 0.15) is 63.5 Å². The van der Waals surface area contributed by atoms with Gasteiger partial charge in [0, 0.05) is 29.3 Å². The number of ketones is 1. The van der Waals surface area contributed by atoms with E-state index in [2.05, 4.69) is 21.2 Å². The topological polar surface area (TPSA) is 102 Å². The van der Waals surface area contributed by atoms with Gasteiger partial charge in [-0.25, -0.2) is 4.79 Å². The Morgan fingerprint density at radius 1 is 0.977 bits per heavy atom. The molecule has 43 heavy (non-hydrogen) atoms. The fourth-order valence-electron chi connectivity index (χ4n) is 5.70. The quantitative estimate of drug-likeness (QED) is 0.211. The average molecular weight is 659 g/mol. The number of Topliss-reactive ketones (excluding diaryl/α,β-unsaturated/α-hetero) is 1. The number of hydrogen-bond acceptors (Lipinski definition) is 9. The molecule has 4 rings (SSSR count). The molecule has 0 aromatic heterocycles. The Kier molecular flexibility index (Phi) is 10.8. The molecule has 2 aliphatic rings. The molecule has 2 unspecified atom stereocenters. The summed E-state index contributed by atoms with van der Waals surface area (Å²) in [5.41, 5.74) is 4.02. The molecule has 2 atom stereocenters. The number of dihydropyridines is 1. The van der Waals surface area contributed by atoms with Gasteiger partial charge in [-0.3, -0.25) is 4.79 Å². The van der Waals surface area contributed by atoms with Crippen molar-refractivity contribution in [3.8, 4) is 23.0 Å². The number of rotatable bonds is 12. The van der Waals surface area contributed by atoms with E-state index in [1.54, 1.807) is 21.3 Å². The van der Waals surface area contributed by atoms with Crippen LogP contribution in [0.4, 0.5) is 0 Å². The molecule has 1 aliphatic heterocycles. The first-order valence-electron chi connectivity index (χ1n) is 14.4. The van der Waals surface area contributed by atoms with Crippen molar-refractivity contribution < 1.29 is 38.0 Å². The molecule has 1 heterocycles. The van der Waals surface area contributed by atoms with E-state index in [1.807, 2.05) is 58.0 Å². The molecule has 0 fully saturated rings. The maximum absolute atomic E-state index is 14.1. The highest BCUT2D eigenvalue weighted by molar-refractivity contribution is 9.10. The highest BCUT2D eigenvalue weighted by Crippen LogP contribution is 2.49. The van der Waals surface area contributed by atoms with E-state index in [9.17, 15) is 9.59 Å². The molecule has 0 saturated heterocycles. The van der Waals surface area contributed by atoms with Gasteiger partial charge in [0.05, 0.1) is 50.7 Å². The van der Waals surface area contributed by atoms with Crippen molar-refractivity contribution in [1.82, 2.24) is 5.32 Å². The Hall–Kier alpha value is -3.50. The maximum atomic E-state index is 14.1. The standard InChI is InChI=1S/C33H40BrNO8/c1-8-41-28-17-22(13-23(34)32(28)40-7)30-29(33(37)43-12-11-42-18(2)3)19(4)35-24-14-21(15-25(36)31(24)30)20-9-10-26(38-5)27(16-20)39-6/h9-10,13,16-18,21,30,35H,8,11-12,14-15H2,1-7H3. The summed E-state index contributed by atoms with van der Waals surface area (Å²) in [6, 6.07) is 9.45. The second-order valence-corrected chi connectivity index (χ2v) is 11.5. The zero-order chi connectivity index (χ0) is 31.3. The molecule has 9 nitrogen and oxygen atoms in total. The predicted octanol–water partition coefficient (Wildman–Crippen LogP) is 6.20. The van der Waals surface area contributed by atoms with E-state index in [0.717, 1.165) is 11.3 Å². The van der Waals surface area contributed by atoms with Gasteiger partial charge in [-0.05, 0) is 91.4 Å². The van der Waals surface area contributed by atoms with E-state index < -0.39 is 11.9 Å². The third-order valence-electron chi connectivity index (χ3n) is 7.56. The van der Waals surface area contributed by atoms with Crippen LogP contribution in [0.5, 0.6) is 23.0 Å². The van der Waals surface area contributed by atoms with E-state index in [0.29, 0.717) is 62.9 Å². The highest BCUT2D eigenvalue weighted by atomic mass is 79.9. The number of ether oxygens (including phenoxy) is 6. The Labute approximate surface area is 261 Å². The lowest BCUT2D eigenvalue weighted by atomic mass is 9.71. The summed E-state index contributed by atoms with van der Waals surface area (Å²) in [7, 11) is 4.75. The zero-order valence-electron chi connectivity index (χ0n) is 25.8. The van der Waals surface area contributed by atoms with Gasteiger partial charge in [-0.15, -0.1) is 0 Å².